The quantitative estimate of drug-likeness (QED) is 0.392. The summed E-state index contributed by atoms with van der Waals surface area (Å²) in [5.74, 6) is 1.29. The van der Waals surface area contributed by atoms with Crippen LogP contribution in [0.3, 0.4) is 0 Å². The first-order valence-electron chi connectivity index (χ1n) is 9.31. The monoisotopic (exact) mass is 390 g/mol. The average molecular weight is 390 g/mol. The smallest absolute Gasteiger partial charge is 0.412 e. The van der Waals surface area contributed by atoms with E-state index >= 15 is 0 Å². The molecule has 0 saturated heterocycles. The second-order valence-electron chi connectivity index (χ2n) is 7.67. The number of benzene rings is 3. The van der Waals surface area contributed by atoms with Crippen molar-refractivity contribution in [1.29, 1.82) is 0 Å². The van der Waals surface area contributed by atoms with Gasteiger partial charge >= 0.3 is 6.09 Å². The van der Waals surface area contributed by atoms with Crippen molar-refractivity contribution in [3.63, 3.8) is 0 Å². The molecule has 1 amide bonds. The van der Waals surface area contributed by atoms with Gasteiger partial charge in [-0.25, -0.2) is 4.79 Å². The zero-order valence-corrected chi connectivity index (χ0v) is 16.5. The molecule has 0 unspecified atom stereocenters. The van der Waals surface area contributed by atoms with Gasteiger partial charge in [0.15, 0.2) is 17.2 Å². The van der Waals surface area contributed by atoms with E-state index in [1.165, 1.54) is 0 Å². The molecule has 0 spiro atoms. The highest BCUT2D eigenvalue weighted by molar-refractivity contribution is 5.93. The summed E-state index contributed by atoms with van der Waals surface area (Å²) in [5.41, 5.74) is 1.71. The van der Waals surface area contributed by atoms with E-state index in [9.17, 15) is 9.90 Å². The van der Waals surface area contributed by atoms with E-state index in [1.54, 1.807) is 39.0 Å². The molecule has 148 valence electrons. The number of aromatic hydroxyl groups is 1. The maximum absolute atomic E-state index is 12.2. The van der Waals surface area contributed by atoms with Crippen LogP contribution in [0.4, 0.5) is 27.5 Å². The summed E-state index contributed by atoms with van der Waals surface area (Å²) in [5, 5.41) is 13.6. The highest BCUT2D eigenvalue weighted by atomic mass is 16.6. The number of para-hydroxylation sites is 5. The molecular formula is C23H22N2O4. The lowest BCUT2D eigenvalue weighted by molar-refractivity contribution is 0.0635. The molecule has 2 N–H and O–H groups in total. The summed E-state index contributed by atoms with van der Waals surface area (Å²) in [6, 6.07) is 20.4. The lowest BCUT2D eigenvalue weighted by Crippen LogP contribution is -2.27. The summed E-state index contributed by atoms with van der Waals surface area (Å²) < 4.78 is 11.3. The van der Waals surface area contributed by atoms with Crippen LogP contribution in [0.25, 0.3) is 0 Å². The van der Waals surface area contributed by atoms with Crippen molar-refractivity contribution in [2.45, 2.75) is 26.4 Å². The van der Waals surface area contributed by atoms with E-state index in [1.807, 2.05) is 53.4 Å². The zero-order chi connectivity index (χ0) is 20.6. The van der Waals surface area contributed by atoms with Crippen molar-refractivity contribution in [2.24, 2.45) is 0 Å². The van der Waals surface area contributed by atoms with Crippen LogP contribution in [0.1, 0.15) is 20.8 Å². The predicted octanol–water partition coefficient (Wildman–Crippen LogP) is 6.31. The van der Waals surface area contributed by atoms with Crippen LogP contribution in [0.15, 0.2) is 66.7 Å². The molecule has 6 heteroatoms. The maximum atomic E-state index is 12.2. The van der Waals surface area contributed by atoms with Crippen LogP contribution in [0.5, 0.6) is 17.2 Å². The van der Waals surface area contributed by atoms with Gasteiger partial charge in [0.25, 0.3) is 0 Å². The summed E-state index contributed by atoms with van der Waals surface area (Å²) in [6.45, 7) is 5.35. The number of anilines is 4. The average Bonchev–Trinajstić information content (AvgIpc) is 2.66. The van der Waals surface area contributed by atoms with E-state index in [4.69, 9.17) is 9.47 Å². The van der Waals surface area contributed by atoms with Crippen LogP contribution in [0.2, 0.25) is 0 Å². The molecule has 1 heterocycles. The number of hydrogen-bond acceptors (Lipinski definition) is 5. The van der Waals surface area contributed by atoms with Crippen molar-refractivity contribution in [3.8, 4) is 17.2 Å². The summed E-state index contributed by atoms with van der Waals surface area (Å²) >= 11 is 0. The molecule has 0 bridgehead atoms. The molecule has 3 aromatic rings. The molecule has 29 heavy (non-hydrogen) atoms. The molecule has 0 aromatic heterocycles. The van der Waals surface area contributed by atoms with Crippen molar-refractivity contribution in [1.82, 2.24) is 0 Å². The number of amides is 1. The van der Waals surface area contributed by atoms with Crippen molar-refractivity contribution < 1.29 is 19.4 Å². The third-order valence-electron chi connectivity index (χ3n) is 4.32. The van der Waals surface area contributed by atoms with Gasteiger partial charge in [-0.2, -0.15) is 0 Å². The van der Waals surface area contributed by atoms with Gasteiger partial charge in [0.2, 0.25) is 0 Å². The number of fused-ring (bicyclic) bond motifs is 2. The molecule has 0 fully saturated rings. The number of hydrogen-bond donors (Lipinski definition) is 2. The Morgan fingerprint density at radius 1 is 0.897 bits per heavy atom. The Hall–Kier alpha value is -3.67. The first-order valence-corrected chi connectivity index (χ1v) is 9.31. The SMILES string of the molecule is CC(C)(C)OC(=O)Nc1cccc(N2c3ccccc3Oc3ccccc32)c1O. The van der Waals surface area contributed by atoms with Gasteiger partial charge in [-0.05, 0) is 57.2 Å². The molecule has 3 aromatic carbocycles. The number of ether oxygens (including phenoxy) is 2. The minimum absolute atomic E-state index is 0.0649. The van der Waals surface area contributed by atoms with Gasteiger partial charge in [-0.1, -0.05) is 30.3 Å². The molecule has 0 radical (unpaired) electrons. The van der Waals surface area contributed by atoms with Crippen LogP contribution in [0, 0.1) is 0 Å². The van der Waals surface area contributed by atoms with Gasteiger partial charge in [0.1, 0.15) is 5.60 Å². The van der Waals surface area contributed by atoms with Crippen LogP contribution in [-0.2, 0) is 4.74 Å². The first kappa shape index (κ1) is 18.7. The van der Waals surface area contributed by atoms with Crippen LogP contribution in [-0.4, -0.2) is 16.8 Å². The Kier molecular flexibility index (Phi) is 4.54. The first-order chi connectivity index (χ1) is 13.8. The van der Waals surface area contributed by atoms with E-state index in [-0.39, 0.29) is 11.4 Å². The Morgan fingerprint density at radius 3 is 2.03 bits per heavy atom. The zero-order valence-electron chi connectivity index (χ0n) is 16.5. The van der Waals surface area contributed by atoms with Crippen molar-refractivity contribution >= 4 is 28.8 Å². The second kappa shape index (κ2) is 7.05. The minimum atomic E-state index is -0.639. The lowest BCUT2D eigenvalue weighted by atomic mass is 10.1. The Labute approximate surface area is 169 Å². The number of nitrogens with zero attached hydrogens (tertiary/aromatic N) is 1. The molecule has 0 saturated carbocycles. The van der Waals surface area contributed by atoms with Gasteiger partial charge < -0.3 is 14.6 Å². The number of phenolic OH excluding ortho intramolecular Hbond substituents is 1. The Morgan fingerprint density at radius 2 is 1.45 bits per heavy atom. The maximum Gasteiger partial charge on any atom is 0.412 e. The normalized spacial score (nSPS) is 12.4. The molecule has 0 aliphatic carbocycles. The van der Waals surface area contributed by atoms with Crippen molar-refractivity contribution in [2.75, 3.05) is 10.2 Å². The third-order valence-corrected chi connectivity index (χ3v) is 4.32. The fourth-order valence-electron chi connectivity index (χ4n) is 3.19. The molecule has 4 rings (SSSR count). The number of carbonyl (C=O) groups is 1. The summed E-state index contributed by atoms with van der Waals surface area (Å²) in [4.78, 5) is 14.1. The van der Waals surface area contributed by atoms with Gasteiger partial charge in [-0.15, -0.1) is 0 Å². The summed E-state index contributed by atoms with van der Waals surface area (Å²) in [6.07, 6.45) is -0.632. The second-order valence-corrected chi connectivity index (χ2v) is 7.67. The highest BCUT2D eigenvalue weighted by Crippen LogP contribution is 2.52. The Balaban J connectivity index is 1.77. The van der Waals surface area contributed by atoms with E-state index in [0.717, 1.165) is 11.4 Å². The largest absolute Gasteiger partial charge is 0.504 e. The number of rotatable bonds is 2. The van der Waals surface area contributed by atoms with Crippen LogP contribution < -0.4 is 15.0 Å². The lowest BCUT2D eigenvalue weighted by Gasteiger charge is -2.33. The fourth-order valence-corrected chi connectivity index (χ4v) is 3.19. The molecular weight excluding hydrogens is 368 g/mol. The standard InChI is InChI=1S/C23H22N2O4/c1-23(2,3)29-22(27)24-15-9-8-12-18(21(15)26)25-16-10-4-6-13-19(16)28-20-14-7-5-11-17(20)25/h4-14,26H,1-3H3,(H,24,27). The number of carbonyl (C=O) groups excluding carboxylic acids is 1. The van der Waals surface area contributed by atoms with Crippen LogP contribution >= 0.6 is 0 Å². The highest BCUT2D eigenvalue weighted by Gasteiger charge is 2.28. The Bertz CT molecular complexity index is 1030. The minimum Gasteiger partial charge on any atom is -0.504 e. The van der Waals surface area contributed by atoms with Gasteiger partial charge in [-0.3, -0.25) is 10.2 Å². The topological polar surface area (TPSA) is 71.0 Å². The number of nitrogens with one attached hydrogen (secondary N) is 1. The van der Waals surface area contributed by atoms with E-state index in [2.05, 4.69) is 5.32 Å². The van der Waals surface area contributed by atoms with Gasteiger partial charge in [0.05, 0.1) is 22.7 Å². The molecule has 0 atom stereocenters. The molecule has 1 aliphatic rings. The van der Waals surface area contributed by atoms with E-state index in [0.29, 0.717) is 17.2 Å². The number of phenols is 1. The molecule has 6 nitrogen and oxygen atoms in total. The van der Waals surface area contributed by atoms with Gasteiger partial charge in [0, 0.05) is 0 Å². The van der Waals surface area contributed by atoms with Crippen molar-refractivity contribution in [3.05, 3.63) is 66.7 Å². The summed E-state index contributed by atoms with van der Waals surface area (Å²) in [7, 11) is 0. The third kappa shape index (κ3) is 3.69. The van der Waals surface area contributed by atoms with E-state index < -0.39 is 11.7 Å². The molecule has 1 aliphatic heterocycles. The predicted molar refractivity (Wildman–Crippen MR) is 113 cm³/mol. The fraction of sp³-hybridized carbons (Fsp3) is 0.174.